The van der Waals surface area contributed by atoms with Gasteiger partial charge in [-0.3, -0.25) is 0 Å². The van der Waals surface area contributed by atoms with Crippen molar-refractivity contribution in [3.63, 3.8) is 0 Å². The Morgan fingerprint density at radius 2 is 1.56 bits per heavy atom. The molecular formula is C16H18IO-. The molecule has 0 aliphatic rings. The zero-order chi connectivity index (χ0) is 12.6. The van der Waals surface area contributed by atoms with Crippen LogP contribution in [0.15, 0.2) is 54.6 Å². The molecule has 0 aliphatic heterocycles. The van der Waals surface area contributed by atoms with Gasteiger partial charge in [-0.25, -0.2) is 0 Å². The summed E-state index contributed by atoms with van der Waals surface area (Å²) in [6.07, 6.45) is 2.30. The van der Waals surface area contributed by atoms with Crippen LogP contribution >= 0.6 is 0 Å². The molecule has 2 heteroatoms. The van der Waals surface area contributed by atoms with Gasteiger partial charge in [-0.2, -0.15) is 0 Å². The second-order valence-electron chi connectivity index (χ2n) is 4.05. The molecule has 0 fully saturated rings. The van der Waals surface area contributed by atoms with Crippen molar-refractivity contribution in [2.75, 3.05) is 6.61 Å². The normalized spacial score (nSPS) is 10.5. The van der Waals surface area contributed by atoms with Crippen LogP contribution in [0.25, 0.3) is 0 Å². The second kappa shape index (κ2) is 7.41. The molecule has 1 nitrogen and oxygen atoms in total. The van der Waals surface area contributed by atoms with Crippen LogP contribution in [-0.4, -0.2) is 6.61 Å². The van der Waals surface area contributed by atoms with Gasteiger partial charge in [0.25, 0.3) is 0 Å². The van der Waals surface area contributed by atoms with Gasteiger partial charge in [-0.15, -0.1) is 0 Å². The van der Waals surface area contributed by atoms with Crippen LogP contribution in [0.4, 0.5) is 0 Å². The number of benzene rings is 2. The molecule has 2 rings (SSSR count). The molecule has 0 aromatic heterocycles. The number of halogens is 1. The van der Waals surface area contributed by atoms with Crippen molar-refractivity contribution in [1.82, 2.24) is 0 Å². The fourth-order valence-corrected chi connectivity index (χ4v) is 3.74. The fourth-order valence-electron chi connectivity index (χ4n) is 1.53. The molecule has 0 saturated heterocycles. The summed E-state index contributed by atoms with van der Waals surface area (Å²) >= 11 is -0.0564. The van der Waals surface area contributed by atoms with Crippen LogP contribution in [0.2, 0.25) is 0 Å². The van der Waals surface area contributed by atoms with E-state index >= 15 is 0 Å². The van der Waals surface area contributed by atoms with Crippen LogP contribution in [0.5, 0.6) is 5.75 Å². The predicted molar refractivity (Wildman–Crippen MR) is 70.7 cm³/mol. The molecule has 0 N–H and O–H groups in total. The van der Waals surface area contributed by atoms with Crippen molar-refractivity contribution in [2.45, 2.75) is 19.8 Å². The molecule has 0 unspecified atom stereocenters. The van der Waals surface area contributed by atoms with E-state index in [0.717, 1.165) is 18.8 Å². The Balaban J connectivity index is 1.91. The standard InChI is InChI=1S/C16H18IO/c1-2-3-13-18-16-11-9-15(10-12-16)17-14-7-5-4-6-8-14/h4-12H,2-3,13H2,1H3/q-1. The van der Waals surface area contributed by atoms with E-state index in [4.69, 9.17) is 4.74 Å². The van der Waals surface area contributed by atoms with Crippen molar-refractivity contribution in [3.05, 3.63) is 61.7 Å². The van der Waals surface area contributed by atoms with Gasteiger partial charge in [0.15, 0.2) is 0 Å². The zero-order valence-electron chi connectivity index (χ0n) is 10.6. The summed E-state index contributed by atoms with van der Waals surface area (Å²) in [5.74, 6) is 0.990. The first-order chi connectivity index (χ1) is 8.88. The van der Waals surface area contributed by atoms with Crippen molar-refractivity contribution >= 4 is 0 Å². The Labute approximate surface area is 119 Å². The molecule has 2 aromatic rings. The first kappa shape index (κ1) is 13.4. The average molecular weight is 353 g/mol. The average Bonchev–Trinajstić information content (AvgIpc) is 2.42. The quantitative estimate of drug-likeness (QED) is 0.556. The maximum absolute atomic E-state index is 5.66. The molecule has 2 aromatic carbocycles. The van der Waals surface area contributed by atoms with Crippen molar-refractivity contribution in [3.8, 4) is 5.75 Å². The summed E-state index contributed by atoms with van der Waals surface area (Å²) in [6.45, 7) is 3.00. The monoisotopic (exact) mass is 353 g/mol. The number of ether oxygens (including phenoxy) is 1. The van der Waals surface area contributed by atoms with E-state index in [0.29, 0.717) is 0 Å². The molecule has 0 amide bonds. The summed E-state index contributed by atoms with van der Waals surface area (Å²) in [7, 11) is 0. The van der Waals surface area contributed by atoms with Gasteiger partial charge in [0, 0.05) is 0 Å². The van der Waals surface area contributed by atoms with Gasteiger partial charge in [-0.1, -0.05) is 0 Å². The third-order valence-electron chi connectivity index (χ3n) is 2.53. The number of hydrogen-bond donors (Lipinski definition) is 0. The molecule has 0 aliphatic carbocycles. The zero-order valence-corrected chi connectivity index (χ0v) is 12.8. The van der Waals surface area contributed by atoms with E-state index in [-0.39, 0.29) is 21.2 Å². The Morgan fingerprint density at radius 3 is 2.22 bits per heavy atom. The minimum atomic E-state index is -0.0564. The summed E-state index contributed by atoms with van der Waals surface area (Å²) in [6, 6.07) is 19.3. The minimum absolute atomic E-state index is 0.0564. The SMILES string of the molecule is CCCCOc1ccc([I-]c2ccccc2)cc1. The van der Waals surface area contributed by atoms with Gasteiger partial charge >= 0.3 is 120 Å². The molecule has 0 saturated carbocycles. The van der Waals surface area contributed by atoms with Gasteiger partial charge in [-0.05, 0) is 0 Å². The van der Waals surface area contributed by atoms with E-state index in [9.17, 15) is 0 Å². The van der Waals surface area contributed by atoms with E-state index in [1.165, 1.54) is 13.6 Å². The van der Waals surface area contributed by atoms with Crippen molar-refractivity contribution in [1.29, 1.82) is 0 Å². The van der Waals surface area contributed by atoms with Gasteiger partial charge in [0.05, 0.1) is 0 Å². The summed E-state index contributed by atoms with van der Waals surface area (Å²) in [5, 5.41) is 0. The molecule has 0 atom stereocenters. The molecule has 0 bridgehead atoms. The van der Waals surface area contributed by atoms with E-state index in [1.807, 2.05) is 0 Å². The third-order valence-corrected chi connectivity index (χ3v) is 5.22. The van der Waals surface area contributed by atoms with Crippen LogP contribution in [0, 0.1) is 7.14 Å². The van der Waals surface area contributed by atoms with Gasteiger partial charge < -0.3 is 0 Å². The van der Waals surface area contributed by atoms with Crippen LogP contribution in [0.3, 0.4) is 0 Å². The van der Waals surface area contributed by atoms with Crippen molar-refractivity contribution < 1.29 is 25.9 Å². The third kappa shape index (κ3) is 4.33. The molecule has 0 radical (unpaired) electrons. The van der Waals surface area contributed by atoms with Gasteiger partial charge in [0.2, 0.25) is 0 Å². The Kier molecular flexibility index (Phi) is 5.52. The Bertz CT molecular complexity index is 450. The molecule has 0 heterocycles. The summed E-state index contributed by atoms with van der Waals surface area (Å²) in [4.78, 5) is 0. The maximum atomic E-state index is 5.66. The molecule has 18 heavy (non-hydrogen) atoms. The number of rotatable bonds is 6. The van der Waals surface area contributed by atoms with Crippen LogP contribution < -0.4 is 25.9 Å². The first-order valence-corrected chi connectivity index (χ1v) is 8.47. The molecule has 96 valence electrons. The number of unbranched alkanes of at least 4 members (excludes halogenated alkanes) is 1. The van der Waals surface area contributed by atoms with Gasteiger partial charge in [0.1, 0.15) is 0 Å². The molecule has 0 spiro atoms. The molecular weight excluding hydrogens is 335 g/mol. The first-order valence-electron chi connectivity index (χ1n) is 6.31. The van der Waals surface area contributed by atoms with E-state index in [1.54, 1.807) is 0 Å². The Hall–Kier alpha value is -1.03. The summed E-state index contributed by atoms with van der Waals surface area (Å²) < 4.78 is 8.55. The van der Waals surface area contributed by atoms with Crippen LogP contribution in [-0.2, 0) is 0 Å². The number of hydrogen-bond acceptors (Lipinski definition) is 1. The van der Waals surface area contributed by atoms with Crippen molar-refractivity contribution in [2.24, 2.45) is 0 Å². The fraction of sp³-hybridized carbons (Fsp3) is 0.250. The van der Waals surface area contributed by atoms with E-state index < -0.39 is 0 Å². The summed E-state index contributed by atoms with van der Waals surface area (Å²) in [5.41, 5.74) is 0. The van der Waals surface area contributed by atoms with Crippen LogP contribution in [0.1, 0.15) is 19.8 Å². The van der Waals surface area contributed by atoms with E-state index in [2.05, 4.69) is 61.5 Å². The Morgan fingerprint density at radius 1 is 0.889 bits per heavy atom. The topological polar surface area (TPSA) is 9.23 Å². The second-order valence-corrected chi connectivity index (χ2v) is 7.08. The predicted octanol–water partition coefficient (Wildman–Crippen LogP) is 0.994.